The van der Waals surface area contributed by atoms with E-state index in [9.17, 15) is 9.59 Å². The van der Waals surface area contributed by atoms with Gasteiger partial charge in [0.1, 0.15) is 5.75 Å². The van der Waals surface area contributed by atoms with E-state index in [2.05, 4.69) is 10.7 Å². The standard InChI is InChI=1S/C26H25N3O3/c1-3-32-22-15-11-19(12-16-22)17-29-24(20-13-9-18(2)10-14-20)23(26(31)28-29)27-25(30)21-7-5-4-6-8-21/h4-17,23-24H,3H2,1-2H3,(H-,27,28,30,31)/p+1/b29-17-/t23-,24-/m0/s1. The monoisotopic (exact) mass is 428 g/mol. The van der Waals surface area contributed by atoms with Crippen molar-refractivity contribution in [1.29, 1.82) is 0 Å². The molecule has 0 spiro atoms. The molecule has 1 heterocycles. The number of aryl methyl sites for hydroxylation is 1. The number of rotatable bonds is 6. The third-order valence-corrected chi connectivity index (χ3v) is 5.36. The minimum atomic E-state index is -0.746. The molecule has 0 radical (unpaired) electrons. The third kappa shape index (κ3) is 4.70. The van der Waals surface area contributed by atoms with Crippen molar-refractivity contribution in [1.82, 2.24) is 10.7 Å². The lowest BCUT2D eigenvalue weighted by Gasteiger charge is -2.15. The Morgan fingerprint density at radius 2 is 1.72 bits per heavy atom. The van der Waals surface area contributed by atoms with Crippen LogP contribution in [-0.4, -0.2) is 35.4 Å². The van der Waals surface area contributed by atoms with Gasteiger partial charge in [-0.1, -0.05) is 48.0 Å². The van der Waals surface area contributed by atoms with E-state index in [1.54, 1.807) is 28.9 Å². The van der Waals surface area contributed by atoms with Crippen molar-refractivity contribution in [3.8, 4) is 5.75 Å². The number of carbonyl (C=O) groups is 2. The SMILES string of the molecule is CCOc1ccc(/C=[N+]2\NC(=O)[C@@H](NC(=O)c3ccccc3)[C@@H]2c2ccc(C)cc2)cc1. The fourth-order valence-electron chi connectivity index (χ4n) is 3.74. The van der Waals surface area contributed by atoms with E-state index >= 15 is 0 Å². The molecular formula is C26H26N3O3+. The number of ether oxygens (including phenoxy) is 1. The molecule has 2 atom stereocenters. The molecule has 0 unspecified atom stereocenters. The molecule has 3 aromatic carbocycles. The zero-order valence-corrected chi connectivity index (χ0v) is 18.1. The van der Waals surface area contributed by atoms with Crippen molar-refractivity contribution in [3.05, 3.63) is 101 Å². The summed E-state index contributed by atoms with van der Waals surface area (Å²) in [5.41, 5.74) is 6.37. The van der Waals surface area contributed by atoms with E-state index in [-0.39, 0.29) is 11.8 Å². The first-order valence-electron chi connectivity index (χ1n) is 10.6. The second kappa shape index (κ2) is 9.47. The first-order chi connectivity index (χ1) is 15.5. The van der Waals surface area contributed by atoms with Crippen molar-refractivity contribution in [2.45, 2.75) is 25.9 Å². The maximum atomic E-state index is 12.9. The molecule has 1 aliphatic rings. The molecule has 1 saturated heterocycles. The predicted octanol–water partition coefficient (Wildman–Crippen LogP) is 3.41. The Kier molecular flexibility index (Phi) is 6.31. The van der Waals surface area contributed by atoms with Gasteiger partial charge in [-0.15, -0.1) is 10.1 Å². The summed E-state index contributed by atoms with van der Waals surface area (Å²) in [6.45, 7) is 4.56. The molecule has 2 amide bonds. The van der Waals surface area contributed by atoms with E-state index < -0.39 is 12.1 Å². The van der Waals surface area contributed by atoms with E-state index in [0.29, 0.717) is 12.2 Å². The van der Waals surface area contributed by atoms with E-state index in [1.807, 2.05) is 74.7 Å². The first kappa shape index (κ1) is 21.3. The molecular weight excluding hydrogens is 402 g/mol. The molecule has 162 valence electrons. The first-order valence-corrected chi connectivity index (χ1v) is 10.6. The van der Waals surface area contributed by atoms with Crippen LogP contribution in [0.4, 0.5) is 0 Å². The smallest absolute Gasteiger partial charge is 0.304 e. The lowest BCUT2D eigenvalue weighted by Crippen LogP contribution is -2.42. The van der Waals surface area contributed by atoms with Gasteiger partial charge >= 0.3 is 5.91 Å². The molecule has 32 heavy (non-hydrogen) atoms. The molecule has 0 bridgehead atoms. The van der Waals surface area contributed by atoms with E-state index in [1.165, 1.54) is 0 Å². The van der Waals surface area contributed by atoms with Crippen molar-refractivity contribution < 1.29 is 19.0 Å². The number of hydrogen-bond acceptors (Lipinski definition) is 3. The second-order valence-electron chi connectivity index (χ2n) is 7.69. The molecule has 3 aromatic rings. The van der Waals surface area contributed by atoms with Crippen LogP contribution >= 0.6 is 0 Å². The van der Waals surface area contributed by atoms with E-state index in [4.69, 9.17) is 4.74 Å². The maximum absolute atomic E-state index is 12.9. The fourth-order valence-corrected chi connectivity index (χ4v) is 3.74. The summed E-state index contributed by atoms with van der Waals surface area (Å²) in [4.78, 5) is 25.7. The summed E-state index contributed by atoms with van der Waals surface area (Å²) in [6, 6.07) is 23.4. The number of carbonyl (C=O) groups excluding carboxylic acids is 2. The van der Waals surface area contributed by atoms with Gasteiger partial charge in [0.05, 0.1) is 6.61 Å². The van der Waals surface area contributed by atoms with Crippen LogP contribution in [0.5, 0.6) is 5.75 Å². The minimum absolute atomic E-state index is 0.262. The highest BCUT2D eigenvalue weighted by molar-refractivity contribution is 5.98. The van der Waals surface area contributed by atoms with Crippen molar-refractivity contribution >= 4 is 18.0 Å². The Hall–Kier alpha value is -3.93. The van der Waals surface area contributed by atoms with Gasteiger partial charge in [-0.05, 0) is 50.2 Å². The second-order valence-corrected chi connectivity index (χ2v) is 7.69. The van der Waals surface area contributed by atoms with Gasteiger partial charge in [-0.3, -0.25) is 9.59 Å². The van der Waals surface area contributed by atoms with Crippen LogP contribution in [0.1, 0.15) is 40.0 Å². The summed E-state index contributed by atoms with van der Waals surface area (Å²) >= 11 is 0. The summed E-state index contributed by atoms with van der Waals surface area (Å²) in [7, 11) is 0. The van der Waals surface area contributed by atoms with Crippen molar-refractivity contribution in [2.75, 3.05) is 6.61 Å². The Bertz CT molecular complexity index is 1120. The fraction of sp³-hybridized carbons (Fsp3) is 0.192. The normalized spacial score (nSPS) is 18.9. The van der Waals surface area contributed by atoms with Gasteiger partial charge in [-0.2, -0.15) is 0 Å². The molecule has 6 heteroatoms. The molecule has 0 aromatic heterocycles. The minimum Gasteiger partial charge on any atom is -0.494 e. The summed E-state index contributed by atoms with van der Waals surface area (Å²) in [5, 5.41) is 2.92. The molecule has 6 nitrogen and oxygen atoms in total. The van der Waals surface area contributed by atoms with Gasteiger partial charge in [0.15, 0.2) is 6.04 Å². The van der Waals surface area contributed by atoms with Gasteiger partial charge in [0.2, 0.25) is 12.3 Å². The highest BCUT2D eigenvalue weighted by Gasteiger charge is 2.47. The van der Waals surface area contributed by atoms with Crippen LogP contribution in [0, 0.1) is 6.92 Å². The lowest BCUT2D eigenvalue weighted by molar-refractivity contribution is -0.596. The number of hydrogen-bond donors (Lipinski definition) is 2. The third-order valence-electron chi connectivity index (χ3n) is 5.36. The Morgan fingerprint density at radius 3 is 2.38 bits per heavy atom. The molecule has 0 aliphatic carbocycles. The van der Waals surface area contributed by atoms with Gasteiger partial charge < -0.3 is 10.1 Å². The zero-order chi connectivity index (χ0) is 22.5. The number of amides is 2. The number of hydrazone groups is 1. The quantitative estimate of drug-likeness (QED) is 0.591. The number of benzene rings is 3. The molecule has 4 rings (SSSR count). The van der Waals surface area contributed by atoms with Crippen LogP contribution in [0.15, 0.2) is 78.9 Å². The number of hydrazine groups is 1. The summed E-state index contributed by atoms with van der Waals surface area (Å²) < 4.78 is 7.27. The number of nitrogens with zero attached hydrogens (tertiary/aromatic N) is 1. The topological polar surface area (TPSA) is 70.4 Å². The average Bonchev–Trinajstić information content (AvgIpc) is 3.11. The average molecular weight is 429 g/mol. The van der Waals surface area contributed by atoms with Crippen LogP contribution < -0.4 is 15.5 Å². The van der Waals surface area contributed by atoms with Crippen molar-refractivity contribution in [2.24, 2.45) is 0 Å². The van der Waals surface area contributed by atoms with Crippen LogP contribution in [0.2, 0.25) is 0 Å². The molecule has 0 saturated carbocycles. The van der Waals surface area contributed by atoms with Crippen LogP contribution in [-0.2, 0) is 4.79 Å². The Labute approximate surface area is 187 Å². The maximum Gasteiger partial charge on any atom is 0.304 e. The van der Waals surface area contributed by atoms with Crippen molar-refractivity contribution in [3.63, 3.8) is 0 Å². The zero-order valence-electron chi connectivity index (χ0n) is 18.1. The van der Waals surface area contributed by atoms with Gasteiger partial charge in [0.25, 0.3) is 5.91 Å². The summed E-state index contributed by atoms with van der Waals surface area (Å²) in [6.07, 6.45) is 1.87. The Morgan fingerprint density at radius 1 is 1.03 bits per heavy atom. The molecule has 1 fully saturated rings. The molecule has 2 N–H and O–H groups in total. The predicted molar refractivity (Wildman–Crippen MR) is 123 cm³/mol. The highest BCUT2D eigenvalue weighted by atomic mass is 16.5. The van der Waals surface area contributed by atoms with Gasteiger partial charge in [-0.25, -0.2) is 0 Å². The van der Waals surface area contributed by atoms with Crippen LogP contribution in [0.25, 0.3) is 0 Å². The summed E-state index contributed by atoms with van der Waals surface area (Å²) in [5.74, 6) is 0.242. The van der Waals surface area contributed by atoms with Gasteiger partial charge in [0, 0.05) is 16.7 Å². The van der Waals surface area contributed by atoms with Crippen LogP contribution in [0.3, 0.4) is 0 Å². The molecule has 1 aliphatic heterocycles. The lowest BCUT2D eigenvalue weighted by atomic mass is 9.98. The Balaban J connectivity index is 1.67. The highest BCUT2D eigenvalue weighted by Crippen LogP contribution is 2.26. The van der Waals surface area contributed by atoms with E-state index in [0.717, 1.165) is 22.4 Å². The number of nitrogens with one attached hydrogen (secondary N) is 2. The largest absolute Gasteiger partial charge is 0.494 e.